The summed E-state index contributed by atoms with van der Waals surface area (Å²) in [6, 6.07) is 17.0. The Hall–Kier alpha value is -3.43. The fourth-order valence-electron chi connectivity index (χ4n) is 3.03. The Morgan fingerprint density at radius 2 is 1.48 bits per heavy atom. The minimum Gasteiger partial charge on any atom is -0.497 e. The summed E-state index contributed by atoms with van der Waals surface area (Å²) in [7, 11) is 0.358. The number of ether oxygens (including phenoxy) is 3. The van der Waals surface area contributed by atoms with E-state index in [0.717, 1.165) is 4.31 Å². The summed E-state index contributed by atoms with van der Waals surface area (Å²) >= 11 is 5.97. The number of amides is 1. The Morgan fingerprint density at radius 3 is 2.06 bits per heavy atom. The van der Waals surface area contributed by atoms with E-state index in [1.165, 1.54) is 57.7 Å². The van der Waals surface area contributed by atoms with E-state index in [-0.39, 0.29) is 10.6 Å². The normalized spacial score (nSPS) is 10.9. The topological polar surface area (TPSA) is 94.2 Å². The molecule has 0 aliphatic carbocycles. The molecule has 10 heteroatoms. The van der Waals surface area contributed by atoms with Gasteiger partial charge in [-0.15, -0.1) is 0 Å². The van der Waals surface area contributed by atoms with Gasteiger partial charge in [-0.2, -0.15) is 0 Å². The van der Waals surface area contributed by atoms with E-state index in [2.05, 4.69) is 5.32 Å². The smallest absolute Gasteiger partial charge is 0.264 e. The van der Waals surface area contributed by atoms with Crippen molar-refractivity contribution in [3.8, 4) is 17.2 Å². The third-order valence-corrected chi connectivity index (χ3v) is 6.77. The van der Waals surface area contributed by atoms with Crippen molar-refractivity contribution >= 4 is 38.9 Å². The molecule has 0 aliphatic heterocycles. The number of carbonyl (C=O) groups is 1. The van der Waals surface area contributed by atoms with Gasteiger partial charge in [-0.25, -0.2) is 8.42 Å². The number of methoxy groups -OCH3 is 3. The second-order valence-electron chi connectivity index (χ2n) is 6.78. The number of sulfonamides is 1. The molecule has 0 radical (unpaired) electrons. The number of anilines is 2. The van der Waals surface area contributed by atoms with Crippen molar-refractivity contribution in [2.45, 2.75) is 4.90 Å². The molecular weight excluding hydrogens is 468 g/mol. The van der Waals surface area contributed by atoms with Gasteiger partial charge in [0.25, 0.3) is 10.0 Å². The van der Waals surface area contributed by atoms with Crippen LogP contribution in [0.4, 0.5) is 11.4 Å². The Bertz CT molecular complexity index is 1210. The molecule has 33 heavy (non-hydrogen) atoms. The second-order valence-corrected chi connectivity index (χ2v) is 9.08. The van der Waals surface area contributed by atoms with Crippen LogP contribution in [0.3, 0.4) is 0 Å². The van der Waals surface area contributed by atoms with E-state index in [4.69, 9.17) is 25.8 Å². The largest absolute Gasteiger partial charge is 0.497 e. The molecule has 1 amide bonds. The number of nitrogens with zero attached hydrogens (tertiary/aromatic N) is 1. The average molecular weight is 491 g/mol. The molecule has 0 saturated heterocycles. The van der Waals surface area contributed by atoms with E-state index in [0.29, 0.717) is 28.0 Å². The van der Waals surface area contributed by atoms with Gasteiger partial charge in [-0.1, -0.05) is 11.6 Å². The van der Waals surface area contributed by atoms with Gasteiger partial charge >= 0.3 is 0 Å². The van der Waals surface area contributed by atoms with Crippen molar-refractivity contribution in [1.82, 2.24) is 0 Å². The first-order valence-corrected chi connectivity index (χ1v) is 11.5. The van der Waals surface area contributed by atoms with Crippen molar-refractivity contribution < 1.29 is 27.4 Å². The van der Waals surface area contributed by atoms with Gasteiger partial charge in [0.15, 0.2) is 0 Å². The van der Waals surface area contributed by atoms with Crippen molar-refractivity contribution in [3.63, 3.8) is 0 Å². The highest BCUT2D eigenvalue weighted by Crippen LogP contribution is 2.30. The molecule has 0 spiro atoms. The van der Waals surface area contributed by atoms with E-state index in [1.54, 1.807) is 30.3 Å². The number of halogens is 1. The number of hydrogen-bond acceptors (Lipinski definition) is 6. The minimum atomic E-state index is -4.09. The van der Waals surface area contributed by atoms with Gasteiger partial charge in [0.05, 0.1) is 37.6 Å². The molecule has 1 N–H and O–H groups in total. The van der Waals surface area contributed by atoms with Crippen LogP contribution in [0.1, 0.15) is 0 Å². The summed E-state index contributed by atoms with van der Waals surface area (Å²) in [6.07, 6.45) is 0. The summed E-state index contributed by atoms with van der Waals surface area (Å²) < 4.78 is 43.5. The van der Waals surface area contributed by atoms with Crippen molar-refractivity contribution in [2.75, 3.05) is 37.5 Å². The third kappa shape index (κ3) is 5.68. The summed E-state index contributed by atoms with van der Waals surface area (Å²) in [5, 5.41) is 3.13. The van der Waals surface area contributed by atoms with Crippen LogP contribution < -0.4 is 23.8 Å². The number of carbonyl (C=O) groups excluding carboxylic acids is 1. The quantitative estimate of drug-likeness (QED) is 0.483. The van der Waals surface area contributed by atoms with Crippen LogP contribution in [0.5, 0.6) is 17.2 Å². The zero-order valence-electron chi connectivity index (χ0n) is 18.2. The maximum Gasteiger partial charge on any atom is 0.264 e. The van der Waals surface area contributed by atoms with Crippen LogP contribution in [0.15, 0.2) is 71.6 Å². The van der Waals surface area contributed by atoms with Crippen molar-refractivity contribution in [2.24, 2.45) is 0 Å². The number of nitrogens with one attached hydrogen (secondary N) is 1. The zero-order valence-corrected chi connectivity index (χ0v) is 19.8. The highest BCUT2D eigenvalue weighted by molar-refractivity contribution is 7.92. The van der Waals surface area contributed by atoms with Gasteiger partial charge in [0.2, 0.25) is 5.91 Å². The summed E-state index contributed by atoms with van der Waals surface area (Å²) in [5.74, 6) is 0.843. The summed E-state index contributed by atoms with van der Waals surface area (Å²) in [6.45, 7) is -0.490. The monoisotopic (exact) mass is 490 g/mol. The molecule has 0 fully saturated rings. The SMILES string of the molecule is COc1ccc(S(=O)(=O)N(CC(=O)Nc2cc(OC)ccc2OC)c2ccc(Cl)cc2)cc1. The van der Waals surface area contributed by atoms with Crippen LogP contribution in [-0.2, 0) is 14.8 Å². The molecule has 174 valence electrons. The van der Waals surface area contributed by atoms with E-state index >= 15 is 0 Å². The Labute approximate surface area is 197 Å². The molecule has 0 heterocycles. The lowest BCUT2D eigenvalue weighted by atomic mass is 10.2. The molecule has 0 saturated carbocycles. The van der Waals surface area contributed by atoms with Crippen LogP contribution in [0, 0.1) is 0 Å². The van der Waals surface area contributed by atoms with E-state index in [9.17, 15) is 13.2 Å². The third-order valence-electron chi connectivity index (χ3n) is 4.73. The fraction of sp³-hybridized carbons (Fsp3) is 0.174. The molecule has 3 aromatic rings. The lowest BCUT2D eigenvalue weighted by molar-refractivity contribution is -0.114. The maximum atomic E-state index is 13.5. The molecule has 0 aliphatic rings. The van der Waals surface area contributed by atoms with Crippen LogP contribution >= 0.6 is 11.6 Å². The molecule has 0 unspecified atom stereocenters. The Morgan fingerprint density at radius 1 is 0.879 bits per heavy atom. The van der Waals surface area contributed by atoms with Crippen LogP contribution in [0.25, 0.3) is 0 Å². The Kier molecular flexibility index (Phi) is 7.67. The van der Waals surface area contributed by atoms with E-state index in [1.807, 2.05) is 0 Å². The van der Waals surface area contributed by atoms with Gasteiger partial charge in [0, 0.05) is 11.1 Å². The molecule has 0 bridgehead atoms. The second kappa shape index (κ2) is 10.5. The first kappa shape index (κ1) is 24.2. The molecular formula is C23H23ClN2O6S. The average Bonchev–Trinajstić information content (AvgIpc) is 2.83. The first-order chi connectivity index (χ1) is 15.8. The molecule has 3 rings (SSSR count). The van der Waals surface area contributed by atoms with Gasteiger partial charge in [-0.05, 0) is 60.7 Å². The lowest BCUT2D eigenvalue weighted by Gasteiger charge is -2.24. The predicted octanol–water partition coefficient (Wildman–Crippen LogP) is 4.20. The number of hydrogen-bond donors (Lipinski definition) is 1. The van der Waals surface area contributed by atoms with Crippen LogP contribution in [0.2, 0.25) is 5.02 Å². The predicted molar refractivity (Wildman–Crippen MR) is 127 cm³/mol. The summed E-state index contributed by atoms with van der Waals surface area (Å²) in [5.41, 5.74) is 0.628. The van der Waals surface area contributed by atoms with Crippen molar-refractivity contribution in [1.29, 1.82) is 0 Å². The molecule has 3 aromatic carbocycles. The molecule has 8 nitrogen and oxygen atoms in total. The van der Waals surface area contributed by atoms with Gasteiger partial charge < -0.3 is 19.5 Å². The van der Waals surface area contributed by atoms with E-state index < -0.39 is 22.5 Å². The fourth-order valence-corrected chi connectivity index (χ4v) is 4.58. The van der Waals surface area contributed by atoms with Gasteiger partial charge in [-0.3, -0.25) is 9.10 Å². The zero-order chi connectivity index (χ0) is 24.0. The van der Waals surface area contributed by atoms with Crippen LogP contribution in [-0.4, -0.2) is 42.2 Å². The first-order valence-electron chi connectivity index (χ1n) is 9.72. The highest BCUT2D eigenvalue weighted by Gasteiger charge is 2.27. The highest BCUT2D eigenvalue weighted by atomic mass is 35.5. The molecule has 0 aromatic heterocycles. The standard InChI is InChI=1S/C23H23ClN2O6S/c1-30-18-8-11-20(12-9-18)33(28,29)26(17-6-4-16(24)5-7-17)15-23(27)25-21-14-19(31-2)10-13-22(21)32-3/h4-14H,15H2,1-3H3,(H,25,27). The molecule has 0 atom stereocenters. The number of benzene rings is 3. The minimum absolute atomic E-state index is 0.00464. The maximum absolute atomic E-state index is 13.5. The lowest BCUT2D eigenvalue weighted by Crippen LogP contribution is -2.38. The number of rotatable bonds is 9. The van der Waals surface area contributed by atoms with Crippen molar-refractivity contribution in [3.05, 3.63) is 71.8 Å². The van der Waals surface area contributed by atoms with Gasteiger partial charge in [0.1, 0.15) is 23.8 Å². The summed E-state index contributed by atoms with van der Waals surface area (Å²) in [4.78, 5) is 13.0. The Balaban J connectivity index is 1.95.